The molecule has 2 saturated heterocycles. The molecule has 0 bridgehead atoms. The molecule has 2 amide bonds. The Morgan fingerprint density at radius 3 is 1.40 bits per heavy atom. The first-order valence-electron chi connectivity index (χ1n) is 23.8. The third-order valence-corrected chi connectivity index (χ3v) is 13.9. The average Bonchev–Trinajstić information content (AvgIpc) is 4.15. The number of carbonyl (C=O) groups is 4. The lowest BCUT2D eigenvalue weighted by molar-refractivity contribution is -0.138. The zero-order valence-electron chi connectivity index (χ0n) is 38.9. The summed E-state index contributed by atoms with van der Waals surface area (Å²) < 4.78 is 83.9. The van der Waals surface area contributed by atoms with E-state index in [4.69, 9.17) is 4.74 Å². The number of rotatable bonds is 11. The molecular formula is C56H50F6N4O6. The maximum atomic E-state index is 13.7. The SMILES string of the molecule is CCOC(=O)c1cccc([C@H]2C[C@@H](N[C@H]3CCc4ccccc43)C(=O)N2c2ccc(C(F)(F)F)cc2)c1.O=C(O)c1cccc([C@H]2C[C@@H](N[C@H]3CCc4ccccc43)C(=O)N2c2ccc(C(F)(F)F)cc2)c1. The van der Waals surface area contributed by atoms with Gasteiger partial charge in [0.25, 0.3) is 0 Å². The van der Waals surface area contributed by atoms with E-state index >= 15 is 0 Å². The average molecular weight is 989 g/mol. The maximum Gasteiger partial charge on any atom is 0.416 e. The first-order valence-corrected chi connectivity index (χ1v) is 23.8. The minimum Gasteiger partial charge on any atom is -0.478 e. The molecule has 10 rings (SSSR count). The number of halogens is 6. The third kappa shape index (κ3) is 10.4. The van der Waals surface area contributed by atoms with E-state index in [2.05, 4.69) is 28.8 Å². The van der Waals surface area contributed by atoms with Crippen molar-refractivity contribution in [1.29, 1.82) is 0 Å². The van der Waals surface area contributed by atoms with Gasteiger partial charge in [-0.25, -0.2) is 9.59 Å². The van der Waals surface area contributed by atoms with Crippen molar-refractivity contribution >= 4 is 35.1 Å². The Hall–Kier alpha value is -7.30. The van der Waals surface area contributed by atoms with Gasteiger partial charge in [0, 0.05) is 23.5 Å². The first kappa shape index (κ1) is 49.7. The largest absolute Gasteiger partial charge is 0.478 e. The molecule has 4 aliphatic rings. The second-order valence-electron chi connectivity index (χ2n) is 18.3. The maximum absolute atomic E-state index is 13.7. The number of hydrogen-bond acceptors (Lipinski definition) is 7. The monoisotopic (exact) mass is 988 g/mol. The van der Waals surface area contributed by atoms with Crippen molar-refractivity contribution in [3.05, 3.63) is 201 Å². The fraction of sp³-hybridized carbons (Fsp3) is 0.286. The molecule has 16 heteroatoms. The van der Waals surface area contributed by atoms with Crippen molar-refractivity contribution in [2.75, 3.05) is 16.4 Å². The fourth-order valence-electron chi connectivity index (χ4n) is 10.5. The third-order valence-electron chi connectivity index (χ3n) is 13.9. The normalized spacial score (nSPS) is 21.5. The fourth-order valence-corrected chi connectivity index (χ4v) is 10.5. The molecule has 0 aromatic heterocycles. The standard InChI is InChI=1S/C29H27F3N2O3.C27H23F3N2O3/c1-2-37-28(36)20-8-5-7-19(16-20)26-17-25(33-24-15-10-18-6-3-4-9-23(18)24)27(35)34(26)22-13-11-21(12-14-22)29(30,31)32;28-27(29,30)19-9-11-20(12-10-19)32-24(17-5-3-6-18(14-17)26(34)35)15-23(25(32)33)31-22-13-8-16-4-1-2-7-21(16)22/h3-9,11-14,16,24-26,33H,2,10,15,17H2,1H3;1-7,9-12,14,22-24,31H,8,13,15H2,(H,34,35)/t24-,25+,26+;22-,23+,24+/m00/s1. The molecule has 3 N–H and O–H groups in total. The zero-order valence-corrected chi connectivity index (χ0v) is 38.9. The van der Waals surface area contributed by atoms with Gasteiger partial charge in [0.15, 0.2) is 0 Å². The van der Waals surface area contributed by atoms with Crippen LogP contribution in [0.15, 0.2) is 146 Å². The summed E-state index contributed by atoms with van der Waals surface area (Å²) in [5.74, 6) is -2.02. The van der Waals surface area contributed by atoms with E-state index in [1.807, 2.05) is 36.4 Å². The highest BCUT2D eigenvalue weighted by atomic mass is 19.4. The molecule has 72 heavy (non-hydrogen) atoms. The second kappa shape index (κ2) is 20.4. The molecule has 372 valence electrons. The number of esters is 1. The summed E-state index contributed by atoms with van der Waals surface area (Å²) >= 11 is 0. The number of alkyl halides is 6. The van der Waals surface area contributed by atoms with Gasteiger partial charge >= 0.3 is 24.3 Å². The molecule has 0 unspecified atom stereocenters. The van der Waals surface area contributed by atoms with Crippen LogP contribution >= 0.6 is 0 Å². The van der Waals surface area contributed by atoms with Gasteiger partial charge in [-0.15, -0.1) is 0 Å². The number of carboxylic acid groups (broad SMARTS) is 1. The molecule has 6 atom stereocenters. The summed E-state index contributed by atoms with van der Waals surface area (Å²) in [6.07, 6.45) is -4.64. The van der Waals surface area contributed by atoms with Gasteiger partial charge in [-0.05, 0) is 152 Å². The highest BCUT2D eigenvalue weighted by molar-refractivity contribution is 6.01. The smallest absolute Gasteiger partial charge is 0.416 e. The number of carboxylic acids is 1. The predicted molar refractivity (Wildman–Crippen MR) is 257 cm³/mol. The quantitative estimate of drug-likeness (QED) is 0.0865. The number of aryl methyl sites for hydroxylation is 2. The number of ether oxygens (including phenoxy) is 1. The van der Waals surface area contributed by atoms with E-state index < -0.39 is 59.6 Å². The van der Waals surface area contributed by atoms with Crippen molar-refractivity contribution < 1.29 is 55.4 Å². The van der Waals surface area contributed by atoms with Crippen LogP contribution in [-0.4, -0.2) is 47.6 Å². The number of nitrogens with zero attached hydrogens (tertiary/aromatic N) is 2. The molecule has 6 aromatic carbocycles. The Balaban J connectivity index is 0.000000178. The van der Waals surface area contributed by atoms with Gasteiger partial charge in [-0.1, -0.05) is 72.8 Å². The van der Waals surface area contributed by atoms with Crippen LogP contribution in [0, 0.1) is 0 Å². The number of anilines is 2. The summed E-state index contributed by atoms with van der Waals surface area (Å²) in [6.45, 7) is 1.96. The lowest BCUT2D eigenvalue weighted by Crippen LogP contribution is -2.40. The molecule has 2 aliphatic heterocycles. The van der Waals surface area contributed by atoms with Gasteiger partial charge < -0.3 is 19.6 Å². The number of benzene rings is 6. The first-order chi connectivity index (χ1) is 34.5. The summed E-state index contributed by atoms with van der Waals surface area (Å²) in [5.41, 5.74) is 5.74. The number of hydrogen-bond donors (Lipinski definition) is 3. The molecule has 2 heterocycles. The minimum atomic E-state index is -4.48. The highest BCUT2D eigenvalue weighted by Crippen LogP contribution is 2.43. The van der Waals surface area contributed by atoms with Crippen LogP contribution in [0.5, 0.6) is 0 Å². The molecule has 6 aromatic rings. The van der Waals surface area contributed by atoms with E-state index in [0.717, 1.165) is 61.1 Å². The van der Waals surface area contributed by atoms with Gasteiger partial charge in [-0.2, -0.15) is 26.3 Å². The Kier molecular flexibility index (Phi) is 14.1. The lowest BCUT2D eigenvalue weighted by atomic mass is 9.99. The van der Waals surface area contributed by atoms with Crippen LogP contribution in [0.3, 0.4) is 0 Å². The van der Waals surface area contributed by atoms with E-state index in [9.17, 15) is 50.6 Å². The zero-order chi connectivity index (χ0) is 50.9. The van der Waals surface area contributed by atoms with Crippen LogP contribution < -0.4 is 20.4 Å². The van der Waals surface area contributed by atoms with E-state index in [0.29, 0.717) is 35.3 Å². The predicted octanol–water partition coefficient (Wildman–Crippen LogP) is 11.5. The summed E-state index contributed by atoms with van der Waals surface area (Å²) in [7, 11) is 0. The van der Waals surface area contributed by atoms with Gasteiger partial charge in [0.1, 0.15) is 0 Å². The number of fused-ring (bicyclic) bond motifs is 2. The summed E-state index contributed by atoms with van der Waals surface area (Å²) in [6, 6.07) is 36.5. The Morgan fingerprint density at radius 1 is 0.569 bits per heavy atom. The highest BCUT2D eigenvalue weighted by Gasteiger charge is 2.45. The molecule has 0 radical (unpaired) electrons. The minimum absolute atomic E-state index is 0.00120. The summed E-state index contributed by atoms with van der Waals surface area (Å²) in [4.78, 5) is 54.3. The molecular weight excluding hydrogens is 939 g/mol. The molecule has 0 spiro atoms. The van der Waals surface area contributed by atoms with Crippen LogP contribution in [0.4, 0.5) is 37.7 Å². The Labute approximate surface area is 411 Å². The van der Waals surface area contributed by atoms with Gasteiger partial charge in [0.2, 0.25) is 11.8 Å². The van der Waals surface area contributed by atoms with E-state index in [-0.39, 0.29) is 36.1 Å². The van der Waals surface area contributed by atoms with E-state index in [1.165, 1.54) is 58.0 Å². The summed E-state index contributed by atoms with van der Waals surface area (Å²) in [5, 5.41) is 16.4. The van der Waals surface area contributed by atoms with Crippen LogP contribution in [0.25, 0.3) is 0 Å². The van der Waals surface area contributed by atoms with Crippen LogP contribution in [0.1, 0.15) is 122 Å². The van der Waals surface area contributed by atoms with Crippen LogP contribution in [-0.2, 0) is 39.5 Å². The second-order valence-corrected chi connectivity index (χ2v) is 18.3. The van der Waals surface area contributed by atoms with Gasteiger partial charge in [-0.3, -0.25) is 20.2 Å². The van der Waals surface area contributed by atoms with E-state index in [1.54, 1.807) is 42.2 Å². The number of carbonyl (C=O) groups excluding carboxylic acids is 3. The Morgan fingerprint density at radius 2 is 0.986 bits per heavy atom. The molecule has 0 saturated carbocycles. The van der Waals surface area contributed by atoms with Crippen molar-refractivity contribution in [3.8, 4) is 0 Å². The van der Waals surface area contributed by atoms with Crippen molar-refractivity contribution in [2.45, 2.75) is 94.1 Å². The molecule has 2 fully saturated rings. The van der Waals surface area contributed by atoms with Crippen molar-refractivity contribution in [3.63, 3.8) is 0 Å². The van der Waals surface area contributed by atoms with Crippen LogP contribution in [0.2, 0.25) is 0 Å². The van der Waals surface area contributed by atoms with Crippen molar-refractivity contribution in [1.82, 2.24) is 10.6 Å². The topological polar surface area (TPSA) is 128 Å². The van der Waals surface area contributed by atoms with Gasteiger partial charge in [0.05, 0.1) is 53.0 Å². The number of nitrogens with one attached hydrogen (secondary N) is 2. The molecule has 10 nitrogen and oxygen atoms in total. The Bertz CT molecular complexity index is 2980. The number of amides is 2. The number of aromatic carboxylic acids is 1. The lowest BCUT2D eigenvalue weighted by Gasteiger charge is -2.26. The molecule has 2 aliphatic carbocycles. The van der Waals surface area contributed by atoms with Crippen molar-refractivity contribution in [2.24, 2.45) is 0 Å².